The van der Waals surface area contributed by atoms with Crippen molar-refractivity contribution in [1.82, 2.24) is 15.1 Å². The minimum atomic E-state index is -0.406. The van der Waals surface area contributed by atoms with Crippen molar-refractivity contribution >= 4 is 17.7 Å². The van der Waals surface area contributed by atoms with Crippen molar-refractivity contribution in [1.29, 1.82) is 0 Å². The summed E-state index contributed by atoms with van der Waals surface area (Å²) in [6.07, 6.45) is 4.42. The molecule has 0 aromatic heterocycles. The lowest BCUT2D eigenvalue weighted by atomic mass is 9.92. The number of hydrogen-bond acceptors (Lipinski definition) is 4. The minimum absolute atomic E-state index is 0.0343. The quantitative estimate of drug-likeness (QED) is 0.596. The molecule has 2 aliphatic heterocycles. The van der Waals surface area contributed by atoms with Gasteiger partial charge in [-0.15, -0.1) is 0 Å². The molecule has 2 atom stereocenters. The van der Waals surface area contributed by atoms with E-state index in [1.807, 2.05) is 34.1 Å². The number of nitrogens with zero attached hydrogens (tertiary/aromatic N) is 2. The van der Waals surface area contributed by atoms with Crippen molar-refractivity contribution in [2.24, 2.45) is 5.92 Å². The number of unbranched alkanes of at least 4 members (excludes halogenated alkanes) is 1. The Hall–Kier alpha value is -2.57. The van der Waals surface area contributed by atoms with Crippen molar-refractivity contribution in [3.63, 3.8) is 0 Å². The fraction of sp³-hybridized carbons (Fsp3) is 0.609. The van der Waals surface area contributed by atoms with Gasteiger partial charge in [0.05, 0.1) is 19.1 Å². The highest BCUT2D eigenvalue weighted by Crippen LogP contribution is 2.39. The summed E-state index contributed by atoms with van der Waals surface area (Å²) in [4.78, 5) is 41.1. The molecule has 7 heteroatoms. The molecule has 164 valence electrons. The Labute approximate surface area is 178 Å². The molecule has 2 heterocycles. The first-order valence-corrected chi connectivity index (χ1v) is 11.0. The van der Waals surface area contributed by atoms with Crippen LogP contribution in [0.15, 0.2) is 24.3 Å². The lowest BCUT2D eigenvalue weighted by Gasteiger charge is -2.28. The van der Waals surface area contributed by atoms with Gasteiger partial charge in [-0.2, -0.15) is 0 Å². The van der Waals surface area contributed by atoms with E-state index in [9.17, 15) is 14.4 Å². The second kappa shape index (κ2) is 10.5. The summed E-state index contributed by atoms with van der Waals surface area (Å²) < 4.78 is 5.25. The molecule has 7 nitrogen and oxygen atoms in total. The number of carbonyl (C=O) groups excluding carboxylic acids is 3. The summed E-state index contributed by atoms with van der Waals surface area (Å²) in [5.41, 5.74) is 0.959. The topological polar surface area (TPSA) is 79.0 Å². The number of carbonyl (C=O) groups is 3. The monoisotopic (exact) mass is 415 g/mol. The molecule has 3 rings (SSSR count). The maximum atomic E-state index is 13.0. The van der Waals surface area contributed by atoms with Crippen LogP contribution in [0.25, 0.3) is 0 Å². The van der Waals surface area contributed by atoms with E-state index in [-0.39, 0.29) is 30.2 Å². The van der Waals surface area contributed by atoms with Gasteiger partial charge in [-0.05, 0) is 37.0 Å². The van der Waals surface area contributed by atoms with Gasteiger partial charge in [0.25, 0.3) is 0 Å². The number of rotatable bonds is 10. The Morgan fingerprint density at radius 2 is 1.90 bits per heavy atom. The van der Waals surface area contributed by atoms with Crippen molar-refractivity contribution in [3.8, 4) is 5.75 Å². The molecule has 2 saturated heterocycles. The first kappa shape index (κ1) is 22.1. The summed E-state index contributed by atoms with van der Waals surface area (Å²) >= 11 is 0. The zero-order valence-corrected chi connectivity index (χ0v) is 18.1. The lowest BCUT2D eigenvalue weighted by Crippen LogP contribution is -2.37. The van der Waals surface area contributed by atoms with Gasteiger partial charge in [0.2, 0.25) is 17.7 Å². The number of amides is 3. The Balaban J connectivity index is 1.64. The standard InChI is InChI=1S/C23H33N3O4/c1-3-4-15-26-21(28)16-19(22(26)17-8-10-18(30-2)11-9-17)23(29)24-12-6-14-25-13-5-7-20(25)27/h8-11,19,22H,3-7,12-16H2,1-2H3,(H,24,29). The van der Waals surface area contributed by atoms with Crippen LogP contribution in [0.4, 0.5) is 0 Å². The van der Waals surface area contributed by atoms with E-state index >= 15 is 0 Å². The van der Waals surface area contributed by atoms with Crippen LogP contribution in [0.2, 0.25) is 0 Å². The molecule has 0 saturated carbocycles. The van der Waals surface area contributed by atoms with E-state index in [1.165, 1.54) is 0 Å². The molecule has 0 aliphatic carbocycles. The van der Waals surface area contributed by atoms with Crippen molar-refractivity contribution < 1.29 is 19.1 Å². The highest BCUT2D eigenvalue weighted by Gasteiger charge is 2.44. The number of benzene rings is 1. The van der Waals surface area contributed by atoms with Gasteiger partial charge in [0.15, 0.2) is 0 Å². The maximum absolute atomic E-state index is 13.0. The molecular formula is C23H33N3O4. The average Bonchev–Trinajstić information content (AvgIpc) is 3.32. The smallest absolute Gasteiger partial charge is 0.226 e. The summed E-state index contributed by atoms with van der Waals surface area (Å²) in [6.45, 7) is 4.76. The van der Waals surface area contributed by atoms with E-state index in [1.54, 1.807) is 7.11 Å². The molecule has 2 unspecified atom stereocenters. The predicted octanol–water partition coefficient (Wildman–Crippen LogP) is 2.51. The third-order valence-corrected chi connectivity index (χ3v) is 6.05. The van der Waals surface area contributed by atoms with Gasteiger partial charge in [-0.25, -0.2) is 0 Å². The van der Waals surface area contributed by atoms with E-state index in [0.29, 0.717) is 26.1 Å². The van der Waals surface area contributed by atoms with Crippen LogP contribution in [-0.2, 0) is 14.4 Å². The molecule has 1 aromatic rings. The SMILES string of the molecule is CCCCN1C(=O)CC(C(=O)NCCCN2CCCC2=O)C1c1ccc(OC)cc1. The Kier molecular flexibility index (Phi) is 7.71. The Morgan fingerprint density at radius 3 is 2.53 bits per heavy atom. The molecule has 2 fully saturated rings. The van der Waals surface area contributed by atoms with Crippen LogP contribution in [0.3, 0.4) is 0 Å². The van der Waals surface area contributed by atoms with Gasteiger partial charge >= 0.3 is 0 Å². The number of likely N-dealkylation sites (tertiary alicyclic amines) is 2. The van der Waals surface area contributed by atoms with E-state index in [4.69, 9.17) is 4.74 Å². The second-order valence-corrected chi connectivity index (χ2v) is 8.10. The minimum Gasteiger partial charge on any atom is -0.497 e. The van der Waals surface area contributed by atoms with Gasteiger partial charge in [-0.3, -0.25) is 14.4 Å². The first-order chi connectivity index (χ1) is 14.5. The van der Waals surface area contributed by atoms with E-state index in [0.717, 1.165) is 43.5 Å². The van der Waals surface area contributed by atoms with E-state index in [2.05, 4.69) is 12.2 Å². The fourth-order valence-electron chi connectivity index (χ4n) is 4.38. The number of nitrogens with one attached hydrogen (secondary N) is 1. The van der Waals surface area contributed by atoms with Crippen molar-refractivity contribution in [2.75, 3.05) is 33.3 Å². The zero-order chi connectivity index (χ0) is 21.5. The largest absolute Gasteiger partial charge is 0.497 e. The number of methoxy groups -OCH3 is 1. The van der Waals surface area contributed by atoms with Gasteiger partial charge < -0.3 is 19.9 Å². The molecular weight excluding hydrogens is 382 g/mol. The molecule has 3 amide bonds. The van der Waals surface area contributed by atoms with Crippen LogP contribution in [0.5, 0.6) is 5.75 Å². The fourth-order valence-corrected chi connectivity index (χ4v) is 4.38. The van der Waals surface area contributed by atoms with Crippen LogP contribution in [0.1, 0.15) is 57.1 Å². The Morgan fingerprint density at radius 1 is 1.13 bits per heavy atom. The predicted molar refractivity (Wildman–Crippen MR) is 114 cm³/mol. The molecule has 1 N–H and O–H groups in total. The first-order valence-electron chi connectivity index (χ1n) is 11.0. The molecule has 1 aromatic carbocycles. The Bertz CT molecular complexity index is 749. The summed E-state index contributed by atoms with van der Waals surface area (Å²) in [5, 5.41) is 3.00. The average molecular weight is 416 g/mol. The van der Waals surface area contributed by atoms with E-state index < -0.39 is 5.92 Å². The summed E-state index contributed by atoms with van der Waals surface area (Å²) in [5.74, 6) is 0.494. The van der Waals surface area contributed by atoms with Crippen molar-refractivity contribution in [2.45, 2.75) is 51.5 Å². The van der Waals surface area contributed by atoms with Crippen molar-refractivity contribution in [3.05, 3.63) is 29.8 Å². The van der Waals surface area contributed by atoms with Gasteiger partial charge in [-0.1, -0.05) is 25.5 Å². The molecule has 30 heavy (non-hydrogen) atoms. The third kappa shape index (κ3) is 5.12. The molecule has 0 bridgehead atoms. The highest BCUT2D eigenvalue weighted by molar-refractivity contribution is 5.90. The van der Waals surface area contributed by atoms with Gasteiger partial charge in [0.1, 0.15) is 5.75 Å². The van der Waals surface area contributed by atoms with Crippen LogP contribution in [0, 0.1) is 5.92 Å². The number of hydrogen-bond donors (Lipinski definition) is 1. The zero-order valence-electron chi connectivity index (χ0n) is 18.1. The lowest BCUT2D eigenvalue weighted by molar-refractivity contribution is -0.129. The highest BCUT2D eigenvalue weighted by atomic mass is 16.5. The third-order valence-electron chi connectivity index (χ3n) is 6.05. The van der Waals surface area contributed by atoms with Crippen LogP contribution >= 0.6 is 0 Å². The van der Waals surface area contributed by atoms with Gasteiger partial charge in [0, 0.05) is 39.0 Å². The maximum Gasteiger partial charge on any atom is 0.226 e. The number of ether oxygens (including phenoxy) is 1. The normalized spacial score (nSPS) is 21.4. The van der Waals surface area contributed by atoms with Crippen LogP contribution < -0.4 is 10.1 Å². The molecule has 0 radical (unpaired) electrons. The molecule has 0 spiro atoms. The van der Waals surface area contributed by atoms with Crippen LogP contribution in [-0.4, -0.2) is 60.8 Å². The summed E-state index contributed by atoms with van der Waals surface area (Å²) in [6, 6.07) is 7.38. The summed E-state index contributed by atoms with van der Waals surface area (Å²) in [7, 11) is 1.62. The molecule has 2 aliphatic rings. The second-order valence-electron chi connectivity index (χ2n) is 8.10.